The lowest BCUT2D eigenvalue weighted by atomic mass is 10.3. The van der Waals surface area contributed by atoms with E-state index in [1.54, 1.807) is 43.0 Å². The zero-order valence-electron chi connectivity index (χ0n) is 25.1. The van der Waals surface area contributed by atoms with Gasteiger partial charge in [0.15, 0.2) is 32.4 Å². The average molecular weight is 646 g/mol. The molecule has 1 aromatic carbocycles. The normalized spacial score (nSPS) is 11.7. The van der Waals surface area contributed by atoms with Crippen LogP contribution in [-0.4, -0.2) is 92.4 Å². The van der Waals surface area contributed by atoms with E-state index in [-0.39, 0.29) is 10.6 Å². The molecule has 232 valence electrons. The highest BCUT2D eigenvalue weighted by Gasteiger charge is 2.22. The number of H-pyrrole nitrogens is 1. The number of benzene rings is 1. The van der Waals surface area contributed by atoms with Gasteiger partial charge in [-0.1, -0.05) is 6.92 Å². The van der Waals surface area contributed by atoms with Crippen LogP contribution in [0.3, 0.4) is 0 Å². The first-order valence-corrected chi connectivity index (χ1v) is 17.3. The summed E-state index contributed by atoms with van der Waals surface area (Å²) in [5.74, 6) is 2.18. The molecule has 43 heavy (non-hydrogen) atoms. The van der Waals surface area contributed by atoms with Gasteiger partial charge in [-0.2, -0.15) is 5.10 Å². The number of ether oxygens (including phenoxy) is 1. The molecule has 12 nitrogen and oxygen atoms in total. The Balaban J connectivity index is 1.61. The van der Waals surface area contributed by atoms with Gasteiger partial charge in [-0.25, -0.2) is 23.4 Å². The van der Waals surface area contributed by atoms with Crippen molar-refractivity contribution in [3.8, 4) is 5.75 Å². The predicted octanol–water partition coefficient (Wildman–Crippen LogP) is 4.21. The molecule has 0 radical (unpaired) electrons. The van der Waals surface area contributed by atoms with Gasteiger partial charge in [0.25, 0.3) is 0 Å². The molecule has 0 spiro atoms. The minimum atomic E-state index is -3.51. The Kier molecular flexibility index (Phi) is 11.8. The Labute approximate surface area is 261 Å². The van der Waals surface area contributed by atoms with Crippen molar-refractivity contribution in [2.75, 3.05) is 64.1 Å². The number of likely N-dealkylation sites (N-methyl/N-ethyl adjacent to an activating group) is 1. The first-order chi connectivity index (χ1) is 20.7. The third kappa shape index (κ3) is 9.37. The molecule has 15 heteroatoms. The molecule has 0 saturated heterocycles. The maximum atomic E-state index is 12.9. The van der Waals surface area contributed by atoms with Gasteiger partial charge in [-0.05, 0) is 63.5 Å². The number of methoxy groups -OCH3 is 1. The molecule has 3 heterocycles. The molecule has 0 amide bonds. The molecule has 3 N–H and O–H groups in total. The summed E-state index contributed by atoms with van der Waals surface area (Å²) < 4.78 is 31.7. The molecule has 0 aliphatic carbocycles. The first kappa shape index (κ1) is 32.7. The smallest absolute Gasteiger partial charge is 0.204 e. The zero-order chi connectivity index (χ0) is 30.8. The van der Waals surface area contributed by atoms with Crippen LogP contribution in [0.2, 0.25) is 0 Å². The second-order valence-electron chi connectivity index (χ2n) is 10.1. The molecular weight excluding hydrogens is 607 g/mol. The number of hydrogen-bond donors (Lipinski definition) is 3. The molecule has 0 saturated carbocycles. The van der Waals surface area contributed by atoms with Crippen LogP contribution in [-0.2, 0) is 15.6 Å². The number of hydrogen-bond acceptors (Lipinski definition) is 13. The number of aromatic nitrogens is 5. The number of nitrogens with one attached hydrogen (secondary N) is 3. The lowest BCUT2D eigenvalue weighted by Gasteiger charge is -2.26. The Bertz CT molecular complexity index is 1540. The van der Waals surface area contributed by atoms with Crippen molar-refractivity contribution >= 4 is 50.4 Å². The van der Waals surface area contributed by atoms with Gasteiger partial charge in [-0.15, -0.1) is 11.3 Å². The molecule has 0 bridgehead atoms. The van der Waals surface area contributed by atoms with E-state index in [4.69, 9.17) is 14.7 Å². The fourth-order valence-corrected chi connectivity index (χ4v) is 7.19. The van der Waals surface area contributed by atoms with E-state index in [9.17, 15) is 8.42 Å². The Morgan fingerprint density at radius 3 is 2.49 bits per heavy atom. The lowest BCUT2D eigenvalue weighted by molar-refractivity contribution is 0.399. The minimum Gasteiger partial charge on any atom is -0.490 e. The summed E-state index contributed by atoms with van der Waals surface area (Å²) in [5.41, 5.74) is 0.909. The van der Waals surface area contributed by atoms with E-state index in [0.29, 0.717) is 33.4 Å². The second-order valence-corrected chi connectivity index (χ2v) is 14.1. The van der Waals surface area contributed by atoms with Gasteiger partial charge in [0.05, 0.1) is 12.0 Å². The predicted molar refractivity (Wildman–Crippen MR) is 173 cm³/mol. The average Bonchev–Trinajstić information content (AvgIpc) is 3.63. The van der Waals surface area contributed by atoms with Crippen molar-refractivity contribution in [2.45, 2.75) is 41.0 Å². The third-order valence-corrected chi connectivity index (χ3v) is 9.74. The van der Waals surface area contributed by atoms with Crippen molar-refractivity contribution in [1.82, 2.24) is 35.4 Å². The van der Waals surface area contributed by atoms with Crippen LogP contribution in [0.5, 0.6) is 5.75 Å². The van der Waals surface area contributed by atoms with E-state index in [2.05, 4.69) is 56.6 Å². The second kappa shape index (κ2) is 15.5. The third-order valence-electron chi connectivity index (χ3n) is 6.26. The van der Waals surface area contributed by atoms with Crippen LogP contribution in [0, 0.1) is 6.92 Å². The zero-order valence-corrected chi connectivity index (χ0v) is 27.6. The van der Waals surface area contributed by atoms with E-state index in [1.807, 2.05) is 13.0 Å². The van der Waals surface area contributed by atoms with Gasteiger partial charge in [0.1, 0.15) is 10.8 Å². The maximum Gasteiger partial charge on any atom is 0.204 e. The monoisotopic (exact) mass is 645 g/mol. The summed E-state index contributed by atoms with van der Waals surface area (Å²) in [6.45, 7) is 8.18. The Morgan fingerprint density at radius 1 is 1.09 bits per heavy atom. The molecule has 0 aliphatic rings. The number of aromatic amines is 1. The number of nitrogens with zero attached hydrogens (tertiary/aromatic N) is 6. The molecule has 0 unspecified atom stereocenters. The van der Waals surface area contributed by atoms with Crippen LogP contribution < -0.4 is 20.3 Å². The first-order valence-electron chi connectivity index (χ1n) is 13.9. The van der Waals surface area contributed by atoms with Crippen LogP contribution in [0.4, 0.5) is 17.5 Å². The number of aryl methyl sites for hydroxylation is 1. The van der Waals surface area contributed by atoms with Gasteiger partial charge in [-0.3, -0.25) is 5.10 Å². The van der Waals surface area contributed by atoms with Crippen molar-refractivity contribution in [2.24, 2.45) is 0 Å². The highest BCUT2D eigenvalue weighted by Crippen LogP contribution is 2.38. The van der Waals surface area contributed by atoms with E-state index < -0.39 is 9.84 Å². The molecule has 0 aliphatic heterocycles. The summed E-state index contributed by atoms with van der Waals surface area (Å²) >= 11 is 2.67. The highest BCUT2D eigenvalue weighted by molar-refractivity contribution is 7.99. The number of thiazole rings is 1. The summed E-state index contributed by atoms with van der Waals surface area (Å²) in [6, 6.07) is 8.66. The molecule has 0 fully saturated rings. The van der Waals surface area contributed by atoms with Crippen molar-refractivity contribution in [1.29, 1.82) is 0 Å². The van der Waals surface area contributed by atoms with Gasteiger partial charge in [0, 0.05) is 61.0 Å². The van der Waals surface area contributed by atoms with Crippen molar-refractivity contribution in [3.05, 3.63) is 52.6 Å². The van der Waals surface area contributed by atoms with E-state index in [1.165, 1.54) is 23.1 Å². The summed E-state index contributed by atoms with van der Waals surface area (Å²) in [7, 11) is 2.22. The number of anilines is 3. The van der Waals surface area contributed by atoms with Crippen LogP contribution in [0.25, 0.3) is 0 Å². The summed E-state index contributed by atoms with van der Waals surface area (Å²) in [4.78, 5) is 19.2. The molecule has 4 rings (SSSR count). The summed E-state index contributed by atoms with van der Waals surface area (Å²) in [5, 5.41) is 16.9. The standard InChI is InChI=1S/C28H39N9O3S3/c1-6-14-37(16-12-29-11-15-36(3)4)27-25(40-5)26(31-23-18-20(2)34-35-23)32-28(33-27)42-21-7-9-22(10-8-21)43(38,39)19-24-30-13-17-41-24/h7-10,13,17-18,29H,6,11-12,14-16,19H2,1-5H3,(H2,31,32,33,34,35). The maximum absolute atomic E-state index is 12.9. The van der Waals surface area contributed by atoms with Gasteiger partial charge < -0.3 is 25.2 Å². The fraction of sp³-hybridized carbons (Fsp3) is 0.429. The molecule has 0 atom stereocenters. The quantitative estimate of drug-likeness (QED) is 0.112. The SMILES string of the molecule is CCCN(CCNCCN(C)C)c1nc(Sc2ccc(S(=O)(=O)Cc3nccs3)cc2)nc(Nc2cc(C)[nH]n2)c1OC. The number of rotatable bonds is 17. The van der Waals surface area contributed by atoms with Crippen LogP contribution in [0.1, 0.15) is 24.0 Å². The fourth-order valence-electron chi connectivity index (χ4n) is 4.18. The largest absolute Gasteiger partial charge is 0.490 e. The van der Waals surface area contributed by atoms with E-state index >= 15 is 0 Å². The summed E-state index contributed by atoms with van der Waals surface area (Å²) in [6.07, 6.45) is 2.53. The van der Waals surface area contributed by atoms with Gasteiger partial charge >= 0.3 is 0 Å². The van der Waals surface area contributed by atoms with Gasteiger partial charge in [0.2, 0.25) is 5.75 Å². The lowest BCUT2D eigenvalue weighted by Crippen LogP contribution is -2.36. The number of sulfone groups is 1. The Morgan fingerprint density at radius 2 is 1.86 bits per heavy atom. The van der Waals surface area contributed by atoms with Crippen LogP contribution >= 0.6 is 23.1 Å². The minimum absolute atomic E-state index is 0.124. The highest BCUT2D eigenvalue weighted by atomic mass is 32.2. The van der Waals surface area contributed by atoms with Crippen LogP contribution in [0.15, 0.2) is 56.9 Å². The molecular formula is C28H39N9O3S3. The molecule has 3 aromatic heterocycles. The van der Waals surface area contributed by atoms with Crippen molar-refractivity contribution < 1.29 is 13.2 Å². The topological polar surface area (TPSA) is 141 Å². The van der Waals surface area contributed by atoms with E-state index in [0.717, 1.165) is 49.7 Å². The van der Waals surface area contributed by atoms with Crippen molar-refractivity contribution in [3.63, 3.8) is 0 Å². The molecule has 4 aromatic rings. The Hall–Kier alpha value is -3.24.